The average Bonchev–Trinajstić information content (AvgIpc) is 3.19. The lowest BCUT2D eigenvalue weighted by Gasteiger charge is -2.24. The first kappa shape index (κ1) is 16.5. The van der Waals surface area contributed by atoms with E-state index >= 15 is 0 Å². The van der Waals surface area contributed by atoms with Crippen LogP contribution < -0.4 is 5.32 Å². The van der Waals surface area contributed by atoms with E-state index < -0.39 is 5.82 Å². The van der Waals surface area contributed by atoms with Crippen LogP contribution in [0, 0.1) is 11.7 Å². The molecule has 2 saturated heterocycles. The highest BCUT2D eigenvalue weighted by molar-refractivity contribution is 6.30. The van der Waals surface area contributed by atoms with Gasteiger partial charge in [-0.05, 0) is 30.5 Å². The molecule has 2 fully saturated rings. The van der Waals surface area contributed by atoms with Gasteiger partial charge in [-0.15, -0.1) is 0 Å². The standard InChI is InChI=1S/C16H20ClFN2O3/c17-12-2-1-11(7-13(12)18)15-14(4-6-23-15)19-16(22)20-5-3-10(8-20)9-21/h1-2,7,10,14-15,21H,3-6,8-9H2,(H,19,22). The number of aliphatic hydroxyl groups excluding tert-OH is 1. The molecule has 126 valence electrons. The van der Waals surface area contributed by atoms with E-state index in [2.05, 4.69) is 5.32 Å². The van der Waals surface area contributed by atoms with Crippen LogP contribution in [0.4, 0.5) is 9.18 Å². The van der Waals surface area contributed by atoms with Crippen molar-refractivity contribution in [1.29, 1.82) is 0 Å². The van der Waals surface area contributed by atoms with Crippen molar-refractivity contribution in [3.63, 3.8) is 0 Å². The Morgan fingerprint density at radius 1 is 1.48 bits per heavy atom. The van der Waals surface area contributed by atoms with Crippen LogP contribution in [0.15, 0.2) is 18.2 Å². The minimum absolute atomic E-state index is 0.0689. The molecule has 2 heterocycles. The summed E-state index contributed by atoms with van der Waals surface area (Å²) in [5.74, 6) is -0.336. The van der Waals surface area contributed by atoms with Gasteiger partial charge in [0.2, 0.25) is 0 Å². The Morgan fingerprint density at radius 3 is 3.00 bits per heavy atom. The van der Waals surface area contributed by atoms with Crippen LogP contribution >= 0.6 is 11.6 Å². The van der Waals surface area contributed by atoms with Crippen molar-refractivity contribution < 1.29 is 19.0 Å². The predicted octanol–water partition coefficient (Wildman–Crippen LogP) is 2.33. The first-order chi connectivity index (χ1) is 11.1. The summed E-state index contributed by atoms with van der Waals surface area (Å²) in [6, 6.07) is 4.22. The number of likely N-dealkylation sites (tertiary alicyclic amines) is 1. The summed E-state index contributed by atoms with van der Waals surface area (Å²) in [6.07, 6.45) is 1.12. The Kier molecular flexibility index (Phi) is 5.04. The number of ether oxygens (including phenoxy) is 1. The smallest absolute Gasteiger partial charge is 0.317 e. The maximum Gasteiger partial charge on any atom is 0.317 e. The summed E-state index contributed by atoms with van der Waals surface area (Å²) in [4.78, 5) is 14.1. The summed E-state index contributed by atoms with van der Waals surface area (Å²) in [5.41, 5.74) is 0.671. The summed E-state index contributed by atoms with van der Waals surface area (Å²) >= 11 is 5.71. The van der Waals surface area contributed by atoms with Crippen LogP contribution in [0.25, 0.3) is 0 Å². The van der Waals surface area contributed by atoms with Crippen molar-refractivity contribution in [3.05, 3.63) is 34.6 Å². The van der Waals surface area contributed by atoms with Crippen LogP contribution in [0.5, 0.6) is 0 Å². The number of hydrogen-bond donors (Lipinski definition) is 2. The Labute approximate surface area is 139 Å². The first-order valence-electron chi connectivity index (χ1n) is 7.81. The molecule has 2 N–H and O–H groups in total. The van der Waals surface area contributed by atoms with Gasteiger partial charge in [0.1, 0.15) is 11.9 Å². The number of carbonyl (C=O) groups excluding carboxylic acids is 1. The van der Waals surface area contributed by atoms with Gasteiger partial charge in [0.25, 0.3) is 0 Å². The molecule has 7 heteroatoms. The van der Waals surface area contributed by atoms with Crippen LogP contribution in [-0.2, 0) is 4.74 Å². The Morgan fingerprint density at radius 2 is 2.30 bits per heavy atom. The number of nitrogens with one attached hydrogen (secondary N) is 1. The zero-order valence-electron chi connectivity index (χ0n) is 12.7. The topological polar surface area (TPSA) is 61.8 Å². The van der Waals surface area contributed by atoms with E-state index in [9.17, 15) is 9.18 Å². The monoisotopic (exact) mass is 342 g/mol. The van der Waals surface area contributed by atoms with Crippen molar-refractivity contribution in [3.8, 4) is 0 Å². The van der Waals surface area contributed by atoms with E-state index in [-0.39, 0.29) is 35.7 Å². The quantitative estimate of drug-likeness (QED) is 0.886. The number of hydrogen-bond acceptors (Lipinski definition) is 3. The lowest BCUT2D eigenvalue weighted by molar-refractivity contribution is 0.0981. The third-order valence-corrected chi connectivity index (χ3v) is 4.81. The molecule has 1 aromatic rings. The third kappa shape index (κ3) is 3.59. The Bertz CT molecular complexity index is 586. The van der Waals surface area contributed by atoms with Crippen LogP contribution in [0.3, 0.4) is 0 Å². The third-order valence-electron chi connectivity index (χ3n) is 4.50. The number of halogens is 2. The van der Waals surface area contributed by atoms with E-state index in [0.29, 0.717) is 31.7 Å². The molecule has 3 rings (SSSR count). The number of aliphatic hydroxyl groups is 1. The maximum absolute atomic E-state index is 13.6. The van der Waals surface area contributed by atoms with Crippen molar-refractivity contribution in [2.75, 3.05) is 26.3 Å². The summed E-state index contributed by atoms with van der Waals surface area (Å²) < 4.78 is 19.3. The molecule has 3 atom stereocenters. The SMILES string of the molecule is O=C(NC1CCOC1c1ccc(Cl)c(F)c1)N1CCC(CO)C1. The highest BCUT2D eigenvalue weighted by Crippen LogP contribution is 2.31. The van der Waals surface area contributed by atoms with E-state index in [0.717, 1.165) is 6.42 Å². The molecule has 2 amide bonds. The van der Waals surface area contributed by atoms with E-state index in [1.54, 1.807) is 11.0 Å². The van der Waals surface area contributed by atoms with Gasteiger partial charge in [-0.3, -0.25) is 0 Å². The second kappa shape index (κ2) is 7.03. The fraction of sp³-hybridized carbons (Fsp3) is 0.562. The van der Waals surface area contributed by atoms with Gasteiger partial charge in [0.05, 0.1) is 11.1 Å². The van der Waals surface area contributed by atoms with E-state index in [1.807, 2.05) is 0 Å². The van der Waals surface area contributed by atoms with Crippen molar-refractivity contribution in [2.45, 2.75) is 25.0 Å². The highest BCUT2D eigenvalue weighted by Gasteiger charge is 2.34. The van der Waals surface area contributed by atoms with Gasteiger partial charge >= 0.3 is 6.03 Å². The molecule has 3 unspecified atom stereocenters. The van der Waals surface area contributed by atoms with Gasteiger partial charge in [-0.25, -0.2) is 9.18 Å². The second-order valence-corrected chi connectivity index (χ2v) is 6.50. The number of amides is 2. The molecule has 2 aliphatic heterocycles. The summed E-state index contributed by atoms with van der Waals surface area (Å²) in [6.45, 7) is 1.82. The molecule has 0 saturated carbocycles. The zero-order chi connectivity index (χ0) is 16.4. The van der Waals surface area contributed by atoms with Crippen molar-refractivity contribution in [2.24, 2.45) is 5.92 Å². The number of carbonyl (C=O) groups is 1. The van der Waals surface area contributed by atoms with Crippen LogP contribution in [0.2, 0.25) is 5.02 Å². The molecule has 23 heavy (non-hydrogen) atoms. The van der Waals surface area contributed by atoms with Gasteiger partial charge in [-0.2, -0.15) is 0 Å². The molecule has 0 spiro atoms. The summed E-state index contributed by atoms with van der Waals surface area (Å²) in [7, 11) is 0. The largest absolute Gasteiger partial charge is 0.396 e. The first-order valence-corrected chi connectivity index (χ1v) is 8.19. The number of nitrogens with zero attached hydrogens (tertiary/aromatic N) is 1. The molecule has 0 aromatic heterocycles. The highest BCUT2D eigenvalue weighted by atomic mass is 35.5. The van der Waals surface area contributed by atoms with E-state index in [4.69, 9.17) is 21.4 Å². The molecular weight excluding hydrogens is 323 g/mol. The van der Waals surface area contributed by atoms with Gasteiger partial charge < -0.3 is 20.1 Å². The van der Waals surface area contributed by atoms with Gasteiger partial charge in [0, 0.05) is 32.2 Å². The minimum atomic E-state index is -0.491. The van der Waals surface area contributed by atoms with Gasteiger partial charge in [-0.1, -0.05) is 17.7 Å². The fourth-order valence-corrected chi connectivity index (χ4v) is 3.29. The predicted molar refractivity (Wildman–Crippen MR) is 83.8 cm³/mol. The second-order valence-electron chi connectivity index (χ2n) is 6.09. The van der Waals surface area contributed by atoms with Crippen molar-refractivity contribution >= 4 is 17.6 Å². The molecular formula is C16H20ClFN2O3. The molecule has 2 aliphatic rings. The average molecular weight is 343 g/mol. The number of rotatable bonds is 3. The normalized spacial score (nSPS) is 27.4. The lowest BCUT2D eigenvalue weighted by Crippen LogP contribution is -2.45. The molecule has 5 nitrogen and oxygen atoms in total. The number of benzene rings is 1. The lowest BCUT2D eigenvalue weighted by atomic mass is 10.0. The Hall–Kier alpha value is -1.37. The summed E-state index contributed by atoms with van der Waals surface area (Å²) in [5, 5.41) is 12.2. The molecule has 0 aliphatic carbocycles. The fourth-order valence-electron chi connectivity index (χ4n) is 3.17. The van der Waals surface area contributed by atoms with Crippen molar-refractivity contribution in [1.82, 2.24) is 10.2 Å². The van der Waals surface area contributed by atoms with Crippen LogP contribution in [-0.4, -0.2) is 48.4 Å². The zero-order valence-corrected chi connectivity index (χ0v) is 13.4. The van der Waals surface area contributed by atoms with E-state index in [1.165, 1.54) is 12.1 Å². The number of urea groups is 1. The Balaban J connectivity index is 1.65. The minimum Gasteiger partial charge on any atom is -0.396 e. The van der Waals surface area contributed by atoms with Gasteiger partial charge in [0.15, 0.2) is 0 Å². The molecule has 0 radical (unpaired) electrons. The molecule has 1 aromatic carbocycles. The van der Waals surface area contributed by atoms with Crippen LogP contribution in [0.1, 0.15) is 24.5 Å². The molecule has 0 bridgehead atoms. The maximum atomic E-state index is 13.6.